The van der Waals surface area contributed by atoms with Gasteiger partial charge in [0.15, 0.2) is 0 Å². The monoisotopic (exact) mass is 249 g/mol. The van der Waals surface area contributed by atoms with Gasteiger partial charge in [-0.2, -0.15) is 5.26 Å². The van der Waals surface area contributed by atoms with Crippen LogP contribution < -0.4 is 0 Å². The van der Waals surface area contributed by atoms with Crippen LogP contribution in [0.4, 0.5) is 0 Å². The minimum Gasteiger partial charge on any atom is -0.198 e. The largest absolute Gasteiger partial charge is 0.198 e. The third-order valence-electron chi connectivity index (χ3n) is 2.91. The lowest BCUT2D eigenvalue weighted by Gasteiger charge is -2.23. The molecule has 0 bridgehead atoms. The second-order valence-electron chi connectivity index (χ2n) is 3.85. The van der Waals surface area contributed by atoms with Crippen molar-refractivity contribution >= 4 is 15.9 Å². The zero-order valence-corrected chi connectivity index (χ0v) is 9.55. The Hall–Kier alpha value is -0.810. The number of nitriles is 1. The average molecular weight is 250 g/mol. The third kappa shape index (κ3) is 1.83. The Morgan fingerprint density at radius 3 is 3.14 bits per heavy atom. The lowest BCUT2D eigenvalue weighted by atomic mass is 9.82. The smallest absolute Gasteiger partial charge is 0.0624 e. The highest BCUT2D eigenvalue weighted by atomic mass is 79.9. The standard InChI is InChI=1S/C12H12BrN/c13-12-3-1-2-10-5-4-9(6-7-14)8-11(10)12/h1-3,9H,4-6,8H2. The Bertz CT molecular complexity index is 378. The summed E-state index contributed by atoms with van der Waals surface area (Å²) in [5.74, 6) is 0.561. The summed E-state index contributed by atoms with van der Waals surface area (Å²) in [5, 5.41) is 8.67. The molecular formula is C12H12BrN. The molecular weight excluding hydrogens is 238 g/mol. The molecule has 14 heavy (non-hydrogen) atoms. The Labute approximate surface area is 92.9 Å². The molecule has 1 unspecified atom stereocenters. The first-order valence-electron chi connectivity index (χ1n) is 4.94. The molecule has 2 heteroatoms. The zero-order valence-electron chi connectivity index (χ0n) is 7.96. The topological polar surface area (TPSA) is 23.8 Å². The third-order valence-corrected chi connectivity index (χ3v) is 3.65. The van der Waals surface area contributed by atoms with Crippen LogP contribution in [0.25, 0.3) is 0 Å². The van der Waals surface area contributed by atoms with Gasteiger partial charge in [-0.25, -0.2) is 0 Å². The number of rotatable bonds is 1. The van der Waals surface area contributed by atoms with Gasteiger partial charge in [0.2, 0.25) is 0 Å². The number of aryl methyl sites for hydroxylation is 1. The quantitative estimate of drug-likeness (QED) is 0.748. The molecule has 1 aromatic carbocycles. The van der Waals surface area contributed by atoms with Crippen LogP contribution in [0, 0.1) is 17.2 Å². The number of halogens is 1. The van der Waals surface area contributed by atoms with E-state index in [9.17, 15) is 0 Å². The van der Waals surface area contributed by atoms with E-state index in [1.165, 1.54) is 15.6 Å². The summed E-state index contributed by atoms with van der Waals surface area (Å²) in [6.07, 6.45) is 4.04. The summed E-state index contributed by atoms with van der Waals surface area (Å²) < 4.78 is 1.21. The van der Waals surface area contributed by atoms with E-state index in [4.69, 9.17) is 5.26 Å². The van der Waals surface area contributed by atoms with Crippen molar-refractivity contribution in [2.75, 3.05) is 0 Å². The van der Waals surface area contributed by atoms with Crippen LogP contribution in [0.5, 0.6) is 0 Å². The first-order chi connectivity index (χ1) is 6.81. The van der Waals surface area contributed by atoms with Gasteiger partial charge >= 0.3 is 0 Å². The Morgan fingerprint density at radius 2 is 2.36 bits per heavy atom. The van der Waals surface area contributed by atoms with Crippen molar-refractivity contribution in [3.8, 4) is 6.07 Å². The van der Waals surface area contributed by atoms with Gasteiger partial charge in [-0.3, -0.25) is 0 Å². The number of nitrogens with zero attached hydrogens (tertiary/aromatic N) is 1. The molecule has 0 fully saturated rings. The normalized spacial score (nSPS) is 19.9. The van der Waals surface area contributed by atoms with Crippen LogP contribution in [0.15, 0.2) is 22.7 Å². The van der Waals surface area contributed by atoms with Crippen molar-refractivity contribution in [1.29, 1.82) is 5.26 Å². The fourth-order valence-corrected chi connectivity index (χ4v) is 2.69. The molecule has 0 amide bonds. The van der Waals surface area contributed by atoms with Gasteiger partial charge in [0.25, 0.3) is 0 Å². The van der Waals surface area contributed by atoms with Crippen LogP contribution in [0.2, 0.25) is 0 Å². The zero-order chi connectivity index (χ0) is 9.97. The van der Waals surface area contributed by atoms with Crippen molar-refractivity contribution in [1.82, 2.24) is 0 Å². The summed E-state index contributed by atoms with van der Waals surface area (Å²) >= 11 is 3.58. The molecule has 0 N–H and O–H groups in total. The van der Waals surface area contributed by atoms with Crippen LogP contribution in [0.1, 0.15) is 24.0 Å². The van der Waals surface area contributed by atoms with Crippen LogP contribution in [-0.4, -0.2) is 0 Å². The molecule has 0 saturated heterocycles. The molecule has 72 valence electrons. The van der Waals surface area contributed by atoms with E-state index in [2.05, 4.69) is 40.2 Å². The van der Waals surface area contributed by atoms with E-state index in [0.29, 0.717) is 12.3 Å². The Morgan fingerprint density at radius 1 is 1.50 bits per heavy atom. The van der Waals surface area contributed by atoms with Gasteiger partial charge in [0.05, 0.1) is 6.07 Å². The van der Waals surface area contributed by atoms with Crippen LogP contribution in [-0.2, 0) is 12.8 Å². The van der Waals surface area contributed by atoms with E-state index in [-0.39, 0.29) is 0 Å². The van der Waals surface area contributed by atoms with E-state index in [1.54, 1.807) is 0 Å². The summed E-state index contributed by atoms with van der Waals surface area (Å²) in [6, 6.07) is 8.65. The second kappa shape index (κ2) is 4.14. The molecule has 0 radical (unpaired) electrons. The van der Waals surface area contributed by atoms with Gasteiger partial charge in [-0.1, -0.05) is 28.1 Å². The fourth-order valence-electron chi connectivity index (χ4n) is 2.12. The lowest BCUT2D eigenvalue weighted by molar-refractivity contribution is 0.467. The summed E-state index contributed by atoms with van der Waals surface area (Å²) in [4.78, 5) is 0. The minimum absolute atomic E-state index is 0.561. The highest BCUT2D eigenvalue weighted by molar-refractivity contribution is 9.10. The molecule has 1 aliphatic carbocycles. The van der Waals surface area contributed by atoms with E-state index in [0.717, 1.165) is 19.3 Å². The number of benzene rings is 1. The number of hydrogen-bond donors (Lipinski definition) is 0. The van der Waals surface area contributed by atoms with E-state index >= 15 is 0 Å². The van der Waals surface area contributed by atoms with Gasteiger partial charge in [0.1, 0.15) is 0 Å². The van der Waals surface area contributed by atoms with Crippen LogP contribution >= 0.6 is 15.9 Å². The lowest BCUT2D eigenvalue weighted by Crippen LogP contribution is -2.14. The summed E-state index contributed by atoms with van der Waals surface area (Å²) in [5.41, 5.74) is 2.87. The molecule has 1 aromatic rings. The fraction of sp³-hybridized carbons (Fsp3) is 0.417. The highest BCUT2D eigenvalue weighted by Gasteiger charge is 2.19. The Balaban J connectivity index is 2.25. The van der Waals surface area contributed by atoms with Crippen molar-refractivity contribution in [3.63, 3.8) is 0 Å². The molecule has 0 aliphatic heterocycles. The average Bonchev–Trinajstić information content (AvgIpc) is 2.20. The molecule has 0 heterocycles. The maximum atomic E-state index is 8.67. The molecule has 1 aliphatic rings. The SMILES string of the molecule is N#CCC1CCc2cccc(Br)c2C1. The second-order valence-corrected chi connectivity index (χ2v) is 4.70. The van der Waals surface area contributed by atoms with Gasteiger partial charge < -0.3 is 0 Å². The maximum absolute atomic E-state index is 8.67. The first kappa shape index (κ1) is 9.73. The molecule has 0 aromatic heterocycles. The van der Waals surface area contributed by atoms with Gasteiger partial charge in [-0.05, 0) is 42.4 Å². The van der Waals surface area contributed by atoms with Crippen molar-refractivity contribution < 1.29 is 0 Å². The van der Waals surface area contributed by atoms with Crippen LogP contribution in [0.3, 0.4) is 0 Å². The van der Waals surface area contributed by atoms with E-state index in [1.807, 2.05) is 0 Å². The maximum Gasteiger partial charge on any atom is 0.0624 e. The highest BCUT2D eigenvalue weighted by Crippen LogP contribution is 2.31. The van der Waals surface area contributed by atoms with Gasteiger partial charge in [0, 0.05) is 10.9 Å². The molecule has 0 saturated carbocycles. The molecule has 2 rings (SSSR count). The molecule has 1 nitrogen and oxygen atoms in total. The summed E-state index contributed by atoms with van der Waals surface area (Å²) in [6.45, 7) is 0. The van der Waals surface area contributed by atoms with E-state index < -0.39 is 0 Å². The minimum atomic E-state index is 0.561. The number of hydrogen-bond acceptors (Lipinski definition) is 1. The van der Waals surface area contributed by atoms with Gasteiger partial charge in [-0.15, -0.1) is 0 Å². The number of fused-ring (bicyclic) bond motifs is 1. The summed E-state index contributed by atoms with van der Waals surface area (Å²) in [7, 11) is 0. The van der Waals surface area contributed by atoms with Crippen molar-refractivity contribution in [3.05, 3.63) is 33.8 Å². The molecule has 1 atom stereocenters. The van der Waals surface area contributed by atoms with Crippen molar-refractivity contribution in [2.45, 2.75) is 25.7 Å². The predicted molar refractivity (Wildman–Crippen MR) is 59.9 cm³/mol. The molecule has 0 spiro atoms. The Kier molecular flexibility index (Phi) is 2.88. The van der Waals surface area contributed by atoms with Crippen molar-refractivity contribution in [2.24, 2.45) is 5.92 Å². The first-order valence-corrected chi connectivity index (χ1v) is 5.74. The predicted octanol–water partition coefficient (Wildman–Crippen LogP) is 3.47.